The van der Waals surface area contributed by atoms with Gasteiger partial charge in [0, 0.05) is 13.1 Å². The zero-order valence-corrected chi connectivity index (χ0v) is 17.3. The molecule has 0 saturated carbocycles. The van der Waals surface area contributed by atoms with Gasteiger partial charge in [-0.3, -0.25) is 4.79 Å². The molecule has 156 valence electrons. The fraction of sp³-hybridized carbons (Fsp3) is 0.381. The van der Waals surface area contributed by atoms with Crippen LogP contribution in [-0.2, 0) is 21.2 Å². The highest BCUT2D eigenvalue weighted by Gasteiger charge is 2.39. The monoisotopic (exact) mass is 420 g/mol. The number of halogens is 1. The van der Waals surface area contributed by atoms with E-state index >= 15 is 0 Å². The first kappa shape index (κ1) is 21.3. The minimum absolute atomic E-state index is 0.0110. The highest BCUT2D eigenvalue weighted by molar-refractivity contribution is 7.89. The van der Waals surface area contributed by atoms with E-state index in [1.165, 1.54) is 16.4 Å². The summed E-state index contributed by atoms with van der Waals surface area (Å²) >= 11 is 0. The maximum Gasteiger partial charge on any atom is 0.243 e. The number of rotatable bonds is 7. The number of carbonyl (C=O) groups is 1. The van der Waals surface area contributed by atoms with E-state index in [9.17, 15) is 17.6 Å². The third-order valence-electron chi connectivity index (χ3n) is 5.06. The Morgan fingerprint density at radius 1 is 1.24 bits per heavy atom. The summed E-state index contributed by atoms with van der Waals surface area (Å²) in [6.07, 6.45) is 1.64. The van der Waals surface area contributed by atoms with Crippen LogP contribution in [0.5, 0.6) is 5.75 Å². The van der Waals surface area contributed by atoms with Crippen LogP contribution in [-0.4, -0.2) is 44.9 Å². The van der Waals surface area contributed by atoms with Crippen LogP contribution < -0.4 is 10.1 Å². The number of ether oxygens (including phenoxy) is 1. The molecule has 1 saturated heterocycles. The topological polar surface area (TPSA) is 75.7 Å². The van der Waals surface area contributed by atoms with Gasteiger partial charge in [-0.05, 0) is 62.1 Å². The van der Waals surface area contributed by atoms with Crippen LogP contribution in [0.4, 0.5) is 4.39 Å². The van der Waals surface area contributed by atoms with E-state index in [0.29, 0.717) is 25.8 Å². The Hall–Kier alpha value is -2.45. The first-order valence-electron chi connectivity index (χ1n) is 9.51. The van der Waals surface area contributed by atoms with Gasteiger partial charge >= 0.3 is 0 Å². The molecule has 1 atom stereocenters. The lowest BCUT2D eigenvalue weighted by molar-refractivity contribution is -0.124. The molecule has 0 radical (unpaired) electrons. The van der Waals surface area contributed by atoms with E-state index in [4.69, 9.17) is 4.74 Å². The van der Waals surface area contributed by atoms with Crippen molar-refractivity contribution in [3.63, 3.8) is 0 Å². The molecular formula is C21H25FN2O4S. The van der Waals surface area contributed by atoms with Crippen LogP contribution in [0.3, 0.4) is 0 Å². The molecule has 2 aromatic carbocycles. The largest absolute Gasteiger partial charge is 0.496 e. The van der Waals surface area contributed by atoms with Gasteiger partial charge in [-0.25, -0.2) is 12.8 Å². The van der Waals surface area contributed by atoms with Crippen molar-refractivity contribution in [2.45, 2.75) is 37.1 Å². The van der Waals surface area contributed by atoms with Crippen LogP contribution in [0.2, 0.25) is 0 Å². The predicted molar refractivity (Wildman–Crippen MR) is 108 cm³/mol. The number of amides is 1. The molecule has 2 aromatic rings. The number of aryl methyl sites for hydroxylation is 1. The molecule has 0 aromatic heterocycles. The third kappa shape index (κ3) is 4.76. The maximum atomic E-state index is 13.1. The van der Waals surface area contributed by atoms with Gasteiger partial charge in [0.25, 0.3) is 0 Å². The Balaban J connectivity index is 1.66. The molecule has 29 heavy (non-hydrogen) atoms. The zero-order chi connectivity index (χ0) is 21.0. The average molecular weight is 421 g/mol. The Morgan fingerprint density at radius 2 is 1.97 bits per heavy atom. The predicted octanol–water partition coefficient (Wildman–Crippen LogP) is 2.65. The summed E-state index contributed by atoms with van der Waals surface area (Å²) in [6, 6.07) is 9.75. The molecule has 3 rings (SSSR count). The van der Waals surface area contributed by atoms with Crippen LogP contribution >= 0.6 is 0 Å². The molecule has 0 bridgehead atoms. The van der Waals surface area contributed by atoms with Crippen LogP contribution in [0, 0.1) is 12.7 Å². The highest BCUT2D eigenvalue weighted by Crippen LogP contribution is 2.26. The Bertz CT molecular complexity index is 977. The lowest BCUT2D eigenvalue weighted by atomic mass is 10.1. The zero-order valence-electron chi connectivity index (χ0n) is 16.5. The fourth-order valence-electron chi connectivity index (χ4n) is 3.57. The van der Waals surface area contributed by atoms with Gasteiger partial charge in [0.1, 0.15) is 17.6 Å². The summed E-state index contributed by atoms with van der Waals surface area (Å²) in [5.41, 5.74) is 2.08. The Kier molecular flexibility index (Phi) is 6.54. The average Bonchev–Trinajstić information content (AvgIpc) is 3.19. The lowest BCUT2D eigenvalue weighted by Crippen LogP contribution is -2.46. The summed E-state index contributed by atoms with van der Waals surface area (Å²) in [7, 11) is -2.26. The summed E-state index contributed by atoms with van der Waals surface area (Å²) in [4.78, 5) is 12.7. The second-order valence-corrected chi connectivity index (χ2v) is 8.97. The van der Waals surface area contributed by atoms with Crippen molar-refractivity contribution in [1.82, 2.24) is 9.62 Å². The molecule has 0 spiro atoms. The summed E-state index contributed by atoms with van der Waals surface area (Å²) in [5, 5.41) is 2.85. The van der Waals surface area contributed by atoms with E-state index in [1.54, 1.807) is 7.11 Å². The van der Waals surface area contributed by atoms with Crippen molar-refractivity contribution >= 4 is 15.9 Å². The van der Waals surface area contributed by atoms with E-state index < -0.39 is 21.9 Å². The summed E-state index contributed by atoms with van der Waals surface area (Å²) < 4.78 is 45.5. The first-order valence-corrected chi connectivity index (χ1v) is 11.0. The second-order valence-electron chi connectivity index (χ2n) is 7.08. The van der Waals surface area contributed by atoms with Gasteiger partial charge in [-0.15, -0.1) is 0 Å². The number of hydrogen-bond donors (Lipinski definition) is 1. The smallest absolute Gasteiger partial charge is 0.243 e. The van der Waals surface area contributed by atoms with Crippen molar-refractivity contribution in [2.24, 2.45) is 0 Å². The van der Waals surface area contributed by atoms with Gasteiger partial charge in [0.2, 0.25) is 15.9 Å². The standard InChI is InChI=1S/C21H25FN2O4S/c1-15-5-10-20(28-2)16(14-15)11-12-23-21(25)19-4-3-13-24(19)29(26,27)18-8-6-17(22)7-9-18/h5-10,14,19H,3-4,11-13H2,1-2H3,(H,23,25). The normalized spacial score (nSPS) is 17.3. The van der Waals surface area contributed by atoms with Crippen molar-refractivity contribution in [1.29, 1.82) is 0 Å². The van der Waals surface area contributed by atoms with Crippen molar-refractivity contribution in [3.05, 3.63) is 59.4 Å². The molecule has 6 nitrogen and oxygen atoms in total. The number of hydrogen-bond acceptors (Lipinski definition) is 4. The number of nitrogens with one attached hydrogen (secondary N) is 1. The Morgan fingerprint density at radius 3 is 2.66 bits per heavy atom. The minimum atomic E-state index is -3.86. The molecule has 1 heterocycles. The molecule has 1 aliphatic rings. The quantitative estimate of drug-likeness (QED) is 0.747. The summed E-state index contributed by atoms with van der Waals surface area (Å²) in [5.74, 6) is -0.0720. The lowest BCUT2D eigenvalue weighted by Gasteiger charge is -2.23. The van der Waals surface area contributed by atoms with E-state index in [2.05, 4.69) is 5.32 Å². The van der Waals surface area contributed by atoms with Gasteiger partial charge in [-0.1, -0.05) is 17.7 Å². The molecule has 1 N–H and O–H groups in total. The number of nitrogens with zero attached hydrogens (tertiary/aromatic N) is 1. The van der Waals surface area contributed by atoms with E-state index in [0.717, 1.165) is 29.0 Å². The van der Waals surface area contributed by atoms with Gasteiger partial charge in [-0.2, -0.15) is 4.31 Å². The number of carbonyl (C=O) groups excluding carboxylic acids is 1. The Labute approximate surface area is 170 Å². The minimum Gasteiger partial charge on any atom is -0.496 e. The molecule has 0 aliphatic carbocycles. The van der Waals surface area contributed by atoms with Gasteiger partial charge in [0.05, 0.1) is 12.0 Å². The highest BCUT2D eigenvalue weighted by atomic mass is 32.2. The van der Waals surface area contributed by atoms with Crippen LogP contribution in [0.15, 0.2) is 47.4 Å². The van der Waals surface area contributed by atoms with Gasteiger partial charge in [0.15, 0.2) is 0 Å². The fourth-order valence-corrected chi connectivity index (χ4v) is 5.23. The second kappa shape index (κ2) is 8.92. The molecular weight excluding hydrogens is 395 g/mol. The van der Waals surface area contributed by atoms with Crippen LogP contribution in [0.25, 0.3) is 0 Å². The molecule has 8 heteroatoms. The van der Waals surface area contributed by atoms with Crippen molar-refractivity contribution in [2.75, 3.05) is 20.2 Å². The van der Waals surface area contributed by atoms with E-state index in [1.807, 2.05) is 25.1 Å². The maximum absolute atomic E-state index is 13.1. The summed E-state index contributed by atoms with van der Waals surface area (Å²) in [6.45, 7) is 2.63. The number of sulfonamides is 1. The number of methoxy groups -OCH3 is 1. The third-order valence-corrected chi connectivity index (χ3v) is 6.98. The molecule has 1 unspecified atom stereocenters. The SMILES string of the molecule is COc1ccc(C)cc1CCNC(=O)C1CCCN1S(=O)(=O)c1ccc(F)cc1. The number of benzene rings is 2. The molecule has 1 amide bonds. The van der Waals surface area contributed by atoms with Crippen molar-refractivity contribution in [3.8, 4) is 5.75 Å². The van der Waals surface area contributed by atoms with Crippen molar-refractivity contribution < 1.29 is 22.3 Å². The molecule has 1 fully saturated rings. The van der Waals surface area contributed by atoms with E-state index in [-0.39, 0.29) is 17.3 Å². The molecule has 1 aliphatic heterocycles. The van der Waals surface area contributed by atoms with Crippen LogP contribution in [0.1, 0.15) is 24.0 Å². The first-order chi connectivity index (χ1) is 13.8. The van der Waals surface area contributed by atoms with Gasteiger partial charge < -0.3 is 10.1 Å².